The van der Waals surface area contributed by atoms with E-state index in [0.29, 0.717) is 25.8 Å². The van der Waals surface area contributed by atoms with E-state index in [-0.39, 0.29) is 5.41 Å². The molecule has 0 spiro atoms. The van der Waals surface area contributed by atoms with Crippen molar-refractivity contribution < 1.29 is 8.42 Å². The summed E-state index contributed by atoms with van der Waals surface area (Å²) in [5.41, 5.74) is 0.949. The van der Waals surface area contributed by atoms with Crippen LogP contribution in [0.5, 0.6) is 0 Å². The van der Waals surface area contributed by atoms with Crippen molar-refractivity contribution in [3.63, 3.8) is 0 Å². The first-order valence-corrected chi connectivity index (χ1v) is 11.7. The van der Waals surface area contributed by atoms with E-state index in [1.165, 1.54) is 16.3 Å². The lowest BCUT2D eigenvalue weighted by atomic mass is 9.69. The Hall–Kier alpha value is -1.39. The molecule has 0 radical (unpaired) electrons. The minimum absolute atomic E-state index is 0.234. The Morgan fingerprint density at radius 1 is 0.852 bits per heavy atom. The van der Waals surface area contributed by atoms with Gasteiger partial charge in [-0.25, -0.2) is 13.1 Å². The van der Waals surface area contributed by atoms with Gasteiger partial charge in [0, 0.05) is 6.54 Å². The van der Waals surface area contributed by atoms with Crippen LogP contribution in [0.1, 0.15) is 65.9 Å². The van der Waals surface area contributed by atoms with E-state index in [1.807, 2.05) is 32.0 Å². The van der Waals surface area contributed by atoms with Gasteiger partial charge in [-0.3, -0.25) is 0 Å². The minimum atomic E-state index is -3.44. The molecule has 0 aliphatic carbocycles. The first-order chi connectivity index (χ1) is 12.8. The number of sulfonamides is 1. The smallest absolute Gasteiger partial charge is 0.214 e. The van der Waals surface area contributed by atoms with Crippen molar-refractivity contribution in [3.05, 3.63) is 48.0 Å². The number of hydrogen-bond donors (Lipinski definition) is 1. The molecule has 0 bridgehead atoms. The van der Waals surface area contributed by atoms with E-state index >= 15 is 0 Å². The minimum Gasteiger partial charge on any atom is -0.214 e. The van der Waals surface area contributed by atoms with Gasteiger partial charge < -0.3 is 0 Å². The summed E-state index contributed by atoms with van der Waals surface area (Å²) in [6.07, 6.45) is 3.67. The molecule has 0 fully saturated rings. The molecule has 4 heteroatoms. The molecule has 0 aliphatic rings. The second-order valence-electron chi connectivity index (χ2n) is 7.76. The molecule has 0 saturated carbocycles. The van der Waals surface area contributed by atoms with Gasteiger partial charge in [0.25, 0.3) is 0 Å². The molecule has 0 amide bonds. The Labute approximate surface area is 165 Å². The summed E-state index contributed by atoms with van der Waals surface area (Å²) in [6, 6.07) is 14.5. The van der Waals surface area contributed by atoms with Gasteiger partial charge in [0.05, 0.1) is 4.75 Å². The highest BCUT2D eigenvalue weighted by Crippen LogP contribution is 2.47. The van der Waals surface area contributed by atoms with Gasteiger partial charge in [-0.2, -0.15) is 0 Å². The van der Waals surface area contributed by atoms with E-state index < -0.39 is 14.8 Å². The molecule has 0 atom stereocenters. The van der Waals surface area contributed by atoms with Gasteiger partial charge in [-0.1, -0.05) is 77.1 Å². The van der Waals surface area contributed by atoms with Gasteiger partial charge in [0.2, 0.25) is 10.0 Å². The molecule has 0 aromatic heterocycles. The summed E-state index contributed by atoms with van der Waals surface area (Å²) in [7, 11) is -3.44. The lowest BCUT2D eigenvalue weighted by Crippen LogP contribution is -2.56. The van der Waals surface area contributed by atoms with Crippen LogP contribution in [0.25, 0.3) is 10.8 Å². The molecular weight excluding hydrogens is 354 g/mol. The topological polar surface area (TPSA) is 46.2 Å². The van der Waals surface area contributed by atoms with Crippen LogP contribution in [0, 0.1) is 5.41 Å². The summed E-state index contributed by atoms with van der Waals surface area (Å²) >= 11 is 0. The summed E-state index contributed by atoms with van der Waals surface area (Å²) in [5.74, 6) is 0. The molecular formula is C23H35NO2S. The Balaban J connectivity index is 2.24. The SMILES string of the molecule is CCC(C)(CC)C(CC)(CC)S(=O)(=O)NCCc1cccc2ccccc12. The van der Waals surface area contributed by atoms with Gasteiger partial charge in [-0.15, -0.1) is 0 Å². The summed E-state index contributed by atoms with van der Waals surface area (Å²) in [6.45, 7) is 10.8. The second-order valence-corrected chi connectivity index (χ2v) is 9.83. The van der Waals surface area contributed by atoms with Crippen molar-refractivity contribution in [2.45, 2.75) is 71.5 Å². The Bertz CT molecular complexity index is 844. The Kier molecular flexibility index (Phi) is 7.09. The summed E-state index contributed by atoms with van der Waals surface area (Å²) < 4.78 is 29.1. The second kappa shape index (κ2) is 8.74. The maximum atomic E-state index is 13.4. The monoisotopic (exact) mass is 389 g/mol. The fraction of sp³-hybridized carbons (Fsp3) is 0.565. The molecule has 0 aliphatic heterocycles. The van der Waals surface area contributed by atoms with E-state index in [2.05, 4.69) is 49.8 Å². The highest BCUT2D eigenvalue weighted by molar-refractivity contribution is 7.91. The molecule has 0 unspecified atom stereocenters. The van der Waals surface area contributed by atoms with Crippen molar-refractivity contribution in [1.82, 2.24) is 4.72 Å². The predicted molar refractivity (Wildman–Crippen MR) is 117 cm³/mol. The highest BCUT2D eigenvalue weighted by Gasteiger charge is 2.52. The van der Waals surface area contributed by atoms with Gasteiger partial charge in [0.1, 0.15) is 0 Å². The zero-order chi connectivity index (χ0) is 20.1. The highest BCUT2D eigenvalue weighted by atomic mass is 32.2. The number of hydrogen-bond acceptors (Lipinski definition) is 2. The van der Waals surface area contributed by atoms with Crippen molar-refractivity contribution in [3.8, 4) is 0 Å². The van der Waals surface area contributed by atoms with Crippen LogP contribution in [0.4, 0.5) is 0 Å². The average molecular weight is 390 g/mol. The number of nitrogens with one attached hydrogen (secondary N) is 1. The molecule has 2 aromatic carbocycles. The Morgan fingerprint density at radius 3 is 2.04 bits per heavy atom. The molecule has 150 valence electrons. The fourth-order valence-corrected chi connectivity index (χ4v) is 7.02. The molecule has 2 rings (SSSR count). The van der Waals surface area contributed by atoms with E-state index in [4.69, 9.17) is 0 Å². The third kappa shape index (κ3) is 3.93. The summed E-state index contributed by atoms with van der Waals surface area (Å²) in [5, 5.41) is 2.39. The molecule has 27 heavy (non-hydrogen) atoms. The first kappa shape index (κ1) is 21.9. The van der Waals surface area contributed by atoms with E-state index in [0.717, 1.165) is 12.8 Å². The Morgan fingerprint density at radius 2 is 1.44 bits per heavy atom. The van der Waals surface area contributed by atoms with Crippen molar-refractivity contribution in [2.75, 3.05) is 6.54 Å². The zero-order valence-corrected chi connectivity index (χ0v) is 18.3. The van der Waals surface area contributed by atoms with Crippen LogP contribution in [0.2, 0.25) is 0 Å². The van der Waals surface area contributed by atoms with Crippen LogP contribution in [-0.4, -0.2) is 19.7 Å². The maximum Gasteiger partial charge on any atom is 0.217 e. The molecule has 3 nitrogen and oxygen atoms in total. The largest absolute Gasteiger partial charge is 0.217 e. The van der Waals surface area contributed by atoms with Crippen molar-refractivity contribution in [2.24, 2.45) is 5.41 Å². The number of benzene rings is 2. The first-order valence-electron chi connectivity index (χ1n) is 10.3. The van der Waals surface area contributed by atoms with Crippen LogP contribution in [0.15, 0.2) is 42.5 Å². The van der Waals surface area contributed by atoms with Gasteiger partial charge in [-0.05, 0) is 53.9 Å². The van der Waals surface area contributed by atoms with Crippen LogP contribution >= 0.6 is 0 Å². The fourth-order valence-electron chi connectivity index (χ4n) is 4.67. The number of fused-ring (bicyclic) bond motifs is 1. The van der Waals surface area contributed by atoms with Crippen molar-refractivity contribution in [1.29, 1.82) is 0 Å². The third-order valence-electron chi connectivity index (χ3n) is 6.88. The molecule has 2 aromatic rings. The third-order valence-corrected chi connectivity index (χ3v) is 9.57. The standard InChI is InChI=1S/C23H35NO2S/c1-6-22(5,7-2)23(8-3,9-4)27(25,26)24-18-17-20-15-12-14-19-13-10-11-16-21(19)20/h10-16,24H,6-9,17-18H2,1-5H3. The normalized spacial score (nSPS) is 13.2. The van der Waals surface area contributed by atoms with Gasteiger partial charge >= 0.3 is 0 Å². The lowest BCUT2D eigenvalue weighted by Gasteiger charge is -2.46. The molecule has 1 N–H and O–H groups in total. The van der Waals surface area contributed by atoms with E-state index in [1.54, 1.807) is 0 Å². The van der Waals surface area contributed by atoms with Gasteiger partial charge in [0.15, 0.2) is 0 Å². The maximum absolute atomic E-state index is 13.4. The van der Waals surface area contributed by atoms with Crippen LogP contribution in [-0.2, 0) is 16.4 Å². The van der Waals surface area contributed by atoms with Crippen LogP contribution in [0.3, 0.4) is 0 Å². The molecule has 0 saturated heterocycles. The zero-order valence-electron chi connectivity index (χ0n) is 17.5. The number of rotatable bonds is 10. The lowest BCUT2D eigenvalue weighted by molar-refractivity contribution is 0.178. The van der Waals surface area contributed by atoms with Crippen LogP contribution < -0.4 is 4.72 Å². The van der Waals surface area contributed by atoms with E-state index in [9.17, 15) is 8.42 Å². The molecule has 0 heterocycles. The average Bonchev–Trinajstić information content (AvgIpc) is 2.68. The van der Waals surface area contributed by atoms with Crippen molar-refractivity contribution >= 4 is 20.8 Å². The quantitative estimate of drug-likeness (QED) is 0.567. The predicted octanol–water partition coefficient (Wildman–Crippen LogP) is 5.69. The summed E-state index contributed by atoms with van der Waals surface area (Å²) in [4.78, 5) is 0.